The van der Waals surface area contributed by atoms with Gasteiger partial charge in [-0.3, -0.25) is 35.3 Å². The molecule has 0 aromatic heterocycles. The molecule has 0 saturated heterocycles. The van der Waals surface area contributed by atoms with E-state index in [1.54, 1.807) is 24.3 Å². The van der Waals surface area contributed by atoms with Crippen molar-refractivity contribution in [3.8, 4) is 0 Å². The average molecular weight is 415 g/mol. The van der Waals surface area contributed by atoms with E-state index < -0.39 is 35.3 Å². The van der Waals surface area contributed by atoms with Crippen LogP contribution in [0, 0.1) is 10.1 Å². The molecule has 0 heterocycles. The van der Waals surface area contributed by atoms with Crippen molar-refractivity contribution in [3.05, 3.63) is 70.3 Å². The van der Waals surface area contributed by atoms with Gasteiger partial charge in [-0.1, -0.05) is 36.4 Å². The highest BCUT2D eigenvalue weighted by molar-refractivity contribution is 6.39. The molecular formula is C18H17N5O7. The van der Waals surface area contributed by atoms with E-state index >= 15 is 0 Å². The Balaban J connectivity index is 1.68. The van der Waals surface area contributed by atoms with Crippen molar-refractivity contribution in [1.82, 2.24) is 16.2 Å². The van der Waals surface area contributed by atoms with Gasteiger partial charge in [0.1, 0.15) is 13.2 Å². The zero-order valence-electron chi connectivity index (χ0n) is 15.4. The van der Waals surface area contributed by atoms with Crippen molar-refractivity contribution in [3.63, 3.8) is 0 Å². The van der Waals surface area contributed by atoms with E-state index in [0.717, 1.165) is 11.6 Å². The van der Waals surface area contributed by atoms with Crippen LogP contribution in [0.2, 0.25) is 0 Å². The van der Waals surface area contributed by atoms with Gasteiger partial charge in [-0.2, -0.15) is 0 Å². The Kier molecular flexibility index (Phi) is 7.82. The minimum atomic E-state index is -1.22. The Labute approximate surface area is 169 Å². The normalized spacial score (nSPS) is 9.73. The van der Waals surface area contributed by atoms with Crippen LogP contribution in [0.3, 0.4) is 0 Å². The number of nitro benzene ring substituents is 1. The molecule has 12 heteroatoms. The van der Waals surface area contributed by atoms with Crippen molar-refractivity contribution in [2.75, 3.05) is 11.9 Å². The number of alkyl carbamates (subject to hydrolysis) is 1. The van der Waals surface area contributed by atoms with Gasteiger partial charge in [0.15, 0.2) is 0 Å². The molecular weight excluding hydrogens is 398 g/mol. The number of nitrogens with one attached hydrogen (secondary N) is 4. The summed E-state index contributed by atoms with van der Waals surface area (Å²) in [6.45, 7) is -0.497. The fraction of sp³-hybridized carbons (Fsp3) is 0.111. The number of hydrazine groups is 1. The summed E-state index contributed by atoms with van der Waals surface area (Å²) >= 11 is 0. The fourth-order valence-electron chi connectivity index (χ4n) is 2.04. The lowest BCUT2D eigenvalue weighted by Gasteiger charge is -2.09. The maximum atomic E-state index is 11.8. The van der Waals surface area contributed by atoms with Crippen LogP contribution in [0.1, 0.15) is 5.56 Å². The van der Waals surface area contributed by atoms with E-state index in [4.69, 9.17) is 4.74 Å². The minimum absolute atomic E-state index is 0.0167. The highest BCUT2D eigenvalue weighted by Gasteiger charge is 2.16. The minimum Gasteiger partial charge on any atom is -0.445 e. The number of nitrogens with zero attached hydrogens (tertiary/aromatic N) is 1. The largest absolute Gasteiger partial charge is 0.445 e. The van der Waals surface area contributed by atoms with Crippen LogP contribution in [0.5, 0.6) is 0 Å². The number of carbonyl (C=O) groups excluding carboxylic acids is 4. The van der Waals surface area contributed by atoms with Crippen molar-refractivity contribution < 1.29 is 28.8 Å². The van der Waals surface area contributed by atoms with E-state index in [0.29, 0.717) is 0 Å². The number of non-ortho nitro benzene ring substituents is 1. The SMILES string of the molecule is O=C(CNC(=O)OCc1ccccc1)NNC(=O)C(=O)Nc1cccc([N+](=O)[O-])c1. The third kappa shape index (κ3) is 7.26. The summed E-state index contributed by atoms with van der Waals surface area (Å²) in [6, 6.07) is 13.8. The van der Waals surface area contributed by atoms with E-state index in [1.807, 2.05) is 16.9 Å². The second-order valence-electron chi connectivity index (χ2n) is 5.68. The molecule has 156 valence electrons. The Bertz CT molecular complexity index is 949. The third-order valence-electron chi connectivity index (χ3n) is 3.44. The second kappa shape index (κ2) is 10.8. The summed E-state index contributed by atoms with van der Waals surface area (Å²) in [5, 5.41) is 15.0. The standard InChI is InChI=1S/C18H17N5O7/c24-15(10-19-18(27)30-11-12-5-2-1-3-6-12)21-22-17(26)16(25)20-13-7-4-8-14(9-13)23(28)29/h1-9H,10-11H2,(H,19,27)(H,20,25)(H,21,24)(H,22,26). The second-order valence-corrected chi connectivity index (χ2v) is 5.68. The molecule has 12 nitrogen and oxygen atoms in total. The molecule has 30 heavy (non-hydrogen) atoms. The lowest BCUT2D eigenvalue weighted by atomic mass is 10.2. The van der Waals surface area contributed by atoms with Crippen LogP contribution in [-0.2, 0) is 25.7 Å². The summed E-state index contributed by atoms with van der Waals surface area (Å²) in [6.07, 6.45) is -0.844. The van der Waals surface area contributed by atoms with Crippen molar-refractivity contribution in [2.45, 2.75) is 6.61 Å². The van der Waals surface area contributed by atoms with Gasteiger partial charge in [0.05, 0.1) is 4.92 Å². The van der Waals surface area contributed by atoms with Gasteiger partial charge in [-0.25, -0.2) is 4.79 Å². The number of ether oxygens (including phenoxy) is 1. The molecule has 0 spiro atoms. The Morgan fingerprint density at radius 2 is 1.67 bits per heavy atom. The topological polar surface area (TPSA) is 169 Å². The zero-order valence-corrected chi connectivity index (χ0v) is 15.4. The Morgan fingerprint density at radius 3 is 2.37 bits per heavy atom. The zero-order chi connectivity index (χ0) is 21.9. The highest BCUT2D eigenvalue weighted by Crippen LogP contribution is 2.16. The molecule has 0 aliphatic rings. The van der Waals surface area contributed by atoms with E-state index in [1.165, 1.54) is 18.2 Å². The smallest absolute Gasteiger partial charge is 0.407 e. The molecule has 0 aliphatic heterocycles. The molecule has 0 bridgehead atoms. The predicted octanol–water partition coefficient (Wildman–Crippen LogP) is 0.607. The van der Waals surface area contributed by atoms with Crippen molar-refractivity contribution in [1.29, 1.82) is 0 Å². The number of hydrogen-bond donors (Lipinski definition) is 4. The lowest BCUT2D eigenvalue weighted by Crippen LogP contribution is -2.49. The first-order chi connectivity index (χ1) is 14.3. The molecule has 2 aromatic rings. The number of carbonyl (C=O) groups is 4. The highest BCUT2D eigenvalue weighted by atomic mass is 16.6. The van der Waals surface area contributed by atoms with Crippen molar-refractivity contribution in [2.24, 2.45) is 0 Å². The number of rotatable bonds is 6. The summed E-state index contributed by atoms with van der Waals surface area (Å²) in [4.78, 5) is 56.6. The summed E-state index contributed by atoms with van der Waals surface area (Å²) in [5.74, 6) is -3.20. The monoisotopic (exact) mass is 415 g/mol. The fourth-order valence-corrected chi connectivity index (χ4v) is 2.04. The molecule has 0 saturated carbocycles. The third-order valence-corrected chi connectivity index (χ3v) is 3.44. The Morgan fingerprint density at radius 1 is 0.933 bits per heavy atom. The molecule has 2 rings (SSSR count). The van der Waals surface area contributed by atoms with Crippen LogP contribution in [0.25, 0.3) is 0 Å². The average Bonchev–Trinajstić information content (AvgIpc) is 2.75. The maximum Gasteiger partial charge on any atom is 0.407 e. The molecule has 4 N–H and O–H groups in total. The summed E-state index contributed by atoms with van der Waals surface area (Å²) in [5.41, 5.74) is 4.29. The first kappa shape index (κ1) is 21.8. The van der Waals surface area contributed by atoms with Crippen LogP contribution in [-0.4, -0.2) is 35.3 Å². The van der Waals surface area contributed by atoms with E-state index in [-0.39, 0.29) is 18.0 Å². The summed E-state index contributed by atoms with van der Waals surface area (Å²) in [7, 11) is 0. The first-order valence-corrected chi connectivity index (χ1v) is 8.44. The van der Waals surface area contributed by atoms with Crippen LogP contribution in [0.15, 0.2) is 54.6 Å². The number of hydrogen-bond acceptors (Lipinski definition) is 7. The number of nitro groups is 1. The molecule has 0 fully saturated rings. The van der Waals surface area contributed by atoms with Gasteiger partial charge < -0.3 is 15.4 Å². The van der Waals surface area contributed by atoms with Gasteiger partial charge in [-0.05, 0) is 11.6 Å². The van der Waals surface area contributed by atoms with Crippen LogP contribution >= 0.6 is 0 Å². The number of benzene rings is 2. The van der Waals surface area contributed by atoms with Gasteiger partial charge >= 0.3 is 17.9 Å². The molecule has 0 radical (unpaired) electrons. The molecule has 0 aliphatic carbocycles. The molecule has 0 atom stereocenters. The van der Waals surface area contributed by atoms with E-state index in [2.05, 4.69) is 10.6 Å². The predicted molar refractivity (Wildman–Crippen MR) is 103 cm³/mol. The summed E-state index contributed by atoms with van der Waals surface area (Å²) < 4.78 is 4.91. The van der Waals surface area contributed by atoms with E-state index in [9.17, 15) is 29.3 Å². The van der Waals surface area contributed by atoms with Crippen molar-refractivity contribution >= 4 is 35.2 Å². The van der Waals surface area contributed by atoms with Gasteiger partial charge in [0.25, 0.3) is 11.6 Å². The maximum absolute atomic E-state index is 11.8. The lowest BCUT2D eigenvalue weighted by molar-refractivity contribution is -0.384. The quantitative estimate of drug-likeness (QED) is 0.304. The number of amides is 4. The Hall–Kier alpha value is -4.48. The van der Waals surface area contributed by atoms with Crippen LogP contribution < -0.4 is 21.5 Å². The van der Waals surface area contributed by atoms with Gasteiger partial charge in [0, 0.05) is 17.8 Å². The molecule has 2 aromatic carbocycles. The first-order valence-electron chi connectivity index (χ1n) is 8.44. The molecule has 0 unspecified atom stereocenters. The van der Waals surface area contributed by atoms with Gasteiger partial charge in [0.2, 0.25) is 0 Å². The molecule has 4 amide bonds. The number of anilines is 1. The van der Waals surface area contributed by atoms with Crippen LogP contribution in [0.4, 0.5) is 16.2 Å². The van der Waals surface area contributed by atoms with Gasteiger partial charge in [-0.15, -0.1) is 0 Å².